The van der Waals surface area contributed by atoms with Crippen LogP contribution in [0, 0.1) is 11.3 Å². The summed E-state index contributed by atoms with van der Waals surface area (Å²) in [6.45, 7) is 2.06. The van der Waals surface area contributed by atoms with Crippen molar-refractivity contribution in [3.63, 3.8) is 0 Å². The fourth-order valence-corrected chi connectivity index (χ4v) is 7.90. The second-order valence-electron chi connectivity index (χ2n) is 13.0. The van der Waals surface area contributed by atoms with E-state index < -0.39 is 5.60 Å². The predicted octanol–water partition coefficient (Wildman–Crippen LogP) is 3.58. The topological polar surface area (TPSA) is 102 Å². The zero-order valence-corrected chi connectivity index (χ0v) is 23.9. The molecule has 3 atom stereocenters. The lowest BCUT2D eigenvalue weighted by Crippen LogP contribution is -2.51. The highest BCUT2D eigenvalue weighted by molar-refractivity contribution is 6.31. The molecule has 216 valence electrons. The van der Waals surface area contributed by atoms with Gasteiger partial charge >= 0.3 is 0 Å². The molecule has 3 saturated heterocycles. The number of nitrogens with one attached hydrogen (secondary N) is 1. The number of carbonyl (C=O) groups excluding carboxylic acids is 1. The van der Waals surface area contributed by atoms with Crippen LogP contribution in [0.1, 0.15) is 63.0 Å². The standard InChI is InChI=1S/C31H36ClN5O4/c32-25-15-23-27(37(25)21-5-1-19(2-6-21)26-24-8-7-22(41-24)16-33-26)34-18-36(28(23)38)17-30(40)11-13-35(14-12-30)29(39)31(9-10-31)20-3-4-20/h1-2,5-6,15,18,20,22,24,26,33,40H,3-4,7-14,16-17H2/t22-,24?,26?/m0/s1. The van der Waals surface area contributed by atoms with Crippen LogP contribution >= 0.6 is 11.6 Å². The van der Waals surface area contributed by atoms with Crippen LogP contribution in [-0.2, 0) is 16.1 Å². The third-order valence-electron chi connectivity index (χ3n) is 10.3. The highest BCUT2D eigenvalue weighted by Crippen LogP contribution is 2.62. The van der Waals surface area contributed by atoms with Gasteiger partial charge in [-0.2, -0.15) is 0 Å². The first kappa shape index (κ1) is 25.9. The van der Waals surface area contributed by atoms with E-state index in [1.165, 1.54) is 29.3 Å². The number of aromatic nitrogens is 3. The van der Waals surface area contributed by atoms with Gasteiger partial charge in [0.15, 0.2) is 5.65 Å². The second-order valence-corrected chi connectivity index (χ2v) is 13.4. The number of rotatable bonds is 6. The number of hydrogen-bond acceptors (Lipinski definition) is 6. The van der Waals surface area contributed by atoms with Gasteiger partial charge in [0.05, 0.1) is 41.2 Å². The van der Waals surface area contributed by atoms with Gasteiger partial charge in [0.1, 0.15) is 11.5 Å². The van der Waals surface area contributed by atoms with Crippen LogP contribution in [0.5, 0.6) is 0 Å². The first-order valence-electron chi connectivity index (χ1n) is 15.1. The molecule has 2 bridgehead atoms. The molecule has 3 aliphatic heterocycles. The van der Waals surface area contributed by atoms with E-state index in [9.17, 15) is 14.7 Å². The number of morpholine rings is 1. The van der Waals surface area contributed by atoms with Gasteiger partial charge in [-0.25, -0.2) is 4.98 Å². The average Bonchev–Trinajstić information content (AvgIpc) is 3.90. The van der Waals surface area contributed by atoms with Crippen molar-refractivity contribution in [2.24, 2.45) is 11.3 Å². The molecular formula is C31H36ClN5O4. The van der Waals surface area contributed by atoms with Crippen LogP contribution in [0.25, 0.3) is 16.7 Å². The lowest BCUT2D eigenvalue weighted by molar-refractivity contribution is -0.142. The van der Waals surface area contributed by atoms with Gasteiger partial charge in [-0.1, -0.05) is 23.7 Å². The molecule has 5 fully saturated rings. The summed E-state index contributed by atoms with van der Waals surface area (Å²) in [4.78, 5) is 33.3. The molecule has 5 aliphatic rings. The number of fused-ring (bicyclic) bond motifs is 3. The molecule has 2 saturated carbocycles. The van der Waals surface area contributed by atoms with Crippen LogP contribution in [0.4, 0.5) is 0 Å². The molecule has 1 aromatic carbocycles. The molecule has 2 unspecified atom stereocenters. The summed E-state index contributed by atoms with van der Waals surface area (Å²) in [6, 6.07) is 10.0. The third-order valence-corrected chi connectivity index (χ3v) is 10.6. The van der Waals surface area contributed by atoms with Crippen LogP contribution in [0.15, 0.2) is 41.5 Å². The lowest BCUT2D eigenvalue weighted by Gasteiger charge is -2.39. The number of ether oxygens (including phenoxy) is 1. The Labute approximate surface area is 243 Å². The van der Waals surface area contributed by atoms with Crippen molar-refractivity contribution in [1.82, 2.24) is 24.3 Å². The minimum atomic E-state index is -1.06. The molecule has 5 heterocycles. The van der Waals surface area contributed by atoms with E-state index in [4.69, 9.17) is 16.3 Å². The van der Waals surface area contributed by atoms with E-state index in [1.54, 1.807) is 10.6 Å². The van der Waals surface area contributed by atoms with Gasteiger partial charge < -0.3 is 20.1 Å². The number of carbonyl (C=O) groups is 1. The van der Waals surface area contributed by atoms with E-state index in [1.807, 2.05) is 17.0 Å². The van der Waals surface area contributed by atoms with Crippen molar-refractivity contribution >= 4 is 28.5 Å². The van der Waals surface area contributed by atoms with E-state index in [-0.39, 0.29) is 35.6 Å². The summed E-state index contributed by atoms with van der Waals surface area (Å²) in [5, 5.41) is 15.8. The first-order chi connectivity index (χ1) is 19.8. The highest BCUT2D eigenvalue weighted by Gasteiger charge is 2.60. The van der Waals surface area contributed by atoms with E-state index >= 15 is 0 Å². The Balaban J connectivity index is 0.994. The molecule has 1 amide bonds. The largest absolute Gasteiger partial charge is 0.388 e. The maximum absolute atomic E-state index is 13.5. The van der Waals surface area contributed by atoms with Crippen LogP contribution in [-0.4, -0.2) is 67.5 Å². The number of hydrogen-bond donors (Lipinski definition) is 2. The average molecular weight is 578 g/mol. The van der Waals surface area contributed by atoms with Crippen molar-refractivity contribution < 1.29 is 14.6 Å². The molecule has 2 aromatic heterocycles. The predicted molar refractivity (Wildman–Crippen MR) is 154 cm³/mol. The zero-order valence-electron chi connectivity index (χ0n) is 23.1. The van der Waals surface area contributed by atoms with Gasteiger partial charge in [0.2, 0.25) is 5.91 Å². The smallest absolute Gasteiger partial charge is 0.262 e. The molecule has 3 aromatic rings. The molecule has 8 rings (SSSR count). The van der Waals surface area contributed by atoms with Crippen molar-refractivity contribution in [1.29, 1.82) is 0 Å². The van der Waals surface area contributed by atoms with Crippen molar-refractivity contribution in [2.45, 2.75) is 81.8 Å². The van der Waals surface area contributed by atoms with Gasteiger partial charge in [0.25, 0.3) is 5.56 Å². The summed E-state index contributed by atoms with van der Waals surface area (Å²) >= 11 is 6.66. The number of aliphatic hydroxyl groups is 1. The van der Waals surface area contributed by atoms with E-state index in [0.717, 1.165) is 37.9 Å². The third kappa shape index (κ3) is 4.35. The van der Waals surface area contributed by atoms with Crippen molar-refractivity contribution in [3.8, 4) is 5.69 Å². The fourth-order valence-electron chi connectivity index (χ4n) is 7.61. The van der Waals surface area contributed by atoms with Gasteiger partial charge in [-0.15, -0.1) is 0 Å². The Morgan fingerprint density at radius 2 is 1.85 bits per heavy atom. The molecule has 9 nitrogen and oxygen atoms in total. The maximum Gasteiger partial charge on any atom is 0.262 e. The molecule has 41 heavy (non-hydrogen) atoms. The maximum atomic E-state index is 13.5. The fraction of sp³-hybridized carbons (Fsp3) is 0.581. The van der Waals surface area contributed by atoms with Gasteiger partial charge in [-0.05, 0) is 81.0 Å². The molecule has 0 spiro atoms. The minimum absolute atomic E-state index is 0.102. The Bertz CT molecular complexity index is 1570. The molecule has 2 N–H and O–H groups in total. The number of nitrogens with zero attached hydrogens (tertiary/aromatic N) is 4. The Kier molecular flexibility index (Phi) is 5.94. The van der Waals surface area contributed by atoms with Crippen LogP contribution in [0.2, 0.25) is 5.15 Å². The van der Waals surface area contributed by atoms with Gasteiger partial charge in [-0.3, -0.25) is 18.7 Å². The molecule has 2 aliphatic carbocycles. The first-order valence-corrected chi connectivity index (χ1v) is 15.5. The summed E-state index contributed by atoms with van der Waals surface area (Å²) in [6.07, 6.45) is 9.49. The van der Waals surface area contributed by atoms with E-state index in [0.29, 0.717) is 54.1 Å². The molecule has 10 heteroatoms. The Morgan fingerprint density at radius 3 is 2.56 bits per heavy atom. The number of amides is 1. The summed E-state index contributed by atoms with van der Waals surface area (Å²) in [5.41, 5.74) is 1.09. The second kappa shape index (κ2) is 9.39. The lowest BCUT2D eigenvalue weighted by atomic mass is 9.89. The summed E-state index contributed by atoms with van der Waals surface area (Å²) < 4.78 is 9.37. The number of likely N-dealkylation sites (tertiary alicyclic amines) is 1. The van der Waals surface area contributed by atoms with Crippen LogP contribution in [0.3, 0.4) is 0 Å². The summed E-state index contributed by atoms with van der Waals surface area (Å²) in [5.74, 6) is 0.852. The number of halogens is 1. The molecule has 0 radical (unpaired) electrons. The highest BCUT2D eigenvalue weighted by atomic mass is 35.5. The van der Waals surface area contributed by atoms with E-state index in [2.05, 4.69) is 22.4 Å². The van der Waals surface area contributed by atoms with Crippen molar-refractivity contribution in [3.05, 3.63) is 57.7 Å². The van der Waals surface area contributed by atoms with Crippen molar-refractivity contribution in [2.75, 3.05) is 19.6 Å². The zero-order chi connectivity index (χ0) is 27.9. The quantitative estimate of drug-likeness (QED) is 0.464. The number of piperidine rings is 1. The SMILES string of the molecule is O=C(N1CCC(O)(Cn2cnc3c(cc(Cl)n3-c3ccc(C4NC[C@@H]5CCC4O5)cc3)c2=O)CC1)C1(C2CC2)CC1. The van der Waals surface area contributed by atoms with Gasteiger partial charge in [0, 0.05) is 25.3 Å². The monoisotopic (exact) mass is 577 g/mol. The molecular weight excluding hydrogens is 542 g/mol. The Hall–Kier alpha value is -2.72. The Morgan fingerprint density at radius 1 is 1.10 bits per heavy atom. The minimum Gasteiger partial charge on any atom is -0.388 e. The van der Waals surface area contributed by atoms with Crippen LogP contribution < -0.4 is 10.9 Å². The number of benzene rings is 1. The normalized spacial score (nSPS) is 28.2. The summed E-state index contributed by atoms with van der Waals surface area (Å²) in [7, 11) is 0.